The lowest BCUT2D eigenvalue weighted by Gasteiger charge is -2.10. The summed E-state index contributed by atoms with van der Waals surface area (Å²) in [5.41, 5.74) is 5.42. The van der Waals surface area contributed by atoms with Gasteiger partial charge < -0.3 is 19.1 Å². The summed E-state index contributed by atoms with van der Waals surface area (Å²) in [7, 11) is 0. The monoisotopic (exact) mass is 510 g/mol. The molecule has 0 amide bonds. The first-order chi connectivity index (χ1) is 16.6. The number of carbonyl (C=O) groups is 1. The average Bonchev–Trinajstić information content (AvgIpc) is 3.53. The van der Waals surface area contributed by atoms with Crippen molar-refractivity contribution >= 4 is 39.4 Å². The van der Waals surface area contributed by atoms with Gasteiger partial charge in [-0.15, -0.1) is 0 Å². The number of hydrogen-bond donors (Lipinski definition) is 1. The summed E-state index contributed by atoms with van der Waals surface area (Å²) in [6, 6.07) is 6.12. The first-order valence-electron chi connectivity index (χ1n) is 10.7. The molecule has 1 N–H and O–H groups in total. The maximum absolute atomic E-state index is 10.6. The van der Waals surface area contributed by atoms with E-state index >= 15 is 0 Å². The molecule has 0 spiro atoms. The van der Waals surface area contributed by atoms with Crippen LogP contribution in [-0.4, -0.2) is 56.1 Å². The Kier molecular flexibility index (Phi) is 7.02. The molecule has 0 aliphatic carbocycles. The molecule has 1 aliphatic rings. The quantitative estimate of drug-likeness (QED) is 0.413. The maximum atomic E-state index is 10.6. The highest BCUT2D eigenvalue weighted by Gasteiger charge is 2.38. The molecule has 0 saturated carbocycles. The van der Waals surface area contributed by atoms with Crippen molar-refractivity contribution in [3.8, 4) is 11.1 Å². The zero-order chi connectivity index (χ0) is 25.3. The zero-order valence-electron chi connectivity index (χ0n) is 18.8. The smallest absolute Gasteiger partial charge is 0.475 e. The van der Waals surface area contributed by atoms with Gasteiger partial charge >= 0.3 is 12.1 Å². The van der Waals surface area contributed by atoms with Crippen molar-refractivity contribution in [3.63, 3.8) is 0 Å². The number of fused-ring (bicyclic) bond motifs is 3. The molecule has 0 atom stereocenters. The Bertz CT molecular complexity index is 1380. The lowest BCUT2D eigenvalue weighted by atomic mass is 10.0. The van der Waals surface area contributed by atoms with E-state index in [4.69, 9.17) is 31.0 Å². The van der Waals surface area contributed by atoms with Crippen LogP contribution < -0.4 is 0 Å². The molecule has 12 heteroatoms. The van der Waals surface area contributed by atoms with Gasteiger partial charge in [0.2, 0.25) is 0 Å². The Balaban J connectivity index is 0.000000364. The van der Waals surface area contributed by atoms with E-state index in [1.165, 1.54) is 5.39 Å². The third kappa shape index (κ3) is 5.12. The number of aryl methyl sites for hydroxylation is 2. The summed E-state index contributed by atoms with van der Waals surface area (Å²) in [4.78, 5) is 13.4. The van der Waals surface area contributed by atoms with Crippen molar-refractivity contribution in [2.24, 2.45) is 0 Å². The Morgan fingerprint density at radius 2 is 1.91 bits per heavy atom. The molecule has 1 saturated heterocycles. The van der Waals surface area contributed by atoms with E-state index in [0.29, 0.717) is 24.8 Å². The highest BCUT2D eigenvalue weighted by atomic mass is 35.5. The molecule has 35 heavy (non-hydrogen) atoms. The number of aliphatic carboxylic acids is 1. The fourth-order valence-electron chi connectivity index (χ4n) is 4.13. The lowest BCUT2D eigenvalue weighted by molar-refractivity contribution is -0.192. The Labute approximate surface area is 202 Å². The molecule has 0 bridgehead atoms. The number of carboxylic acid groups (broad SMARTS) is 1. The molecule has 186 valence electrons. The summed E-state index contributed by atoms with van der Waals surface area (Å²) in [5.74, 6) is -2.76. The Morgan fingerprint density at radius 1 is 1.23 bits per heavy atom. The van der Waals surface area contributed by atoms with Crippen LogP contribution in [0.25, 0.3) is 32.9 Å². The molecule has 1 aliphatic heterocycles. The van der Waals surface area contributed by atoms with Crippen LogP contribution >= 0.6 is 11.6 Å². The number of alkyl halides is 3. The minimum absolute atomic E-state index is 0.233. The number of halogens is 4. The first-order valence-corrected chi connectivity index (χ1v) is 11.1. The van der Waals surface area contributed by atoms with Crippen molar-refractivity contribution in [3.05, 3.63) is 47.5 Å². The molecule has 0 unspecified atom stereocenters. The van der Waals surface area contributed by atoms with Crippen molar-refractivity contribution < 1.29 is 32.5 Å². The van der Waals surface area contributed by atoms with Gasteiger partial charge in [-0.3, -0.25) is 9.67 Å². The summed E-state index contributed by atoms with van der Waals surface area (Å²) < 4.78 is 47.0. The van der Waals surface area contributed by atoms with Gasteiger partial charge in [0.05, 0.1) is 42.7 Å². The van der Waals surface area contributed by atoms with Gasteiger partial charge in [0.1, 0.15) is 0 Å². The van der Waals surface area contributed by atoms with Gasteiger partial charge in [0.15, 0.2) is 6.29 Å². The highest BCUT2D eigenvalue weighted by molar-refractivity contribution is 6.32. The largest absolute Gasteiger partial charge is 0.490 e. The zero-order valence-corrected chi connectivity index (χ0v) is 19.6. The van der Waals surface area contributed by atoms with Crippen LogP contribution in [0, 0.1) is 6.92 Å². The van der Waals surface area contributed by atoms with E-state index in [2.05, 4.69) is 27.6 Å². The van der Waals surface area contributed by atoms with Crippen molar-refractivity contribution in [1.82, 2.24) is 19.3 Å². The molecule has 3 aromatic heterocycles. The minimum atomic E-state index is -5.08. The predicted octanol–water partition coefficient (Wildman–Crippen LogP) is 5.04. The van der Waals surface area contributed by atoms with Gasteiger partial charge in [0, 0.05) is 45.9 Å². The van der Waals surface area contributed by atoms with Crippen LogP contribution in [0.4, 0.5) is 13.2 Å². The third-order valence-corrected chi connectivity index (χ3v) is 5.76. The lowest BCUT2D eigenvalue weighted by Crippen LogP contribution is -2.21. The van der Waals surface area contributed by atoms with Crippen molar-refractivity contribution in [1.29, 1.82) is 0 Å². The SMILES string of the molecule is CCn1c2c(-c3cnn(CC4OCCO4)c3)cc(Cl)cc2c2ccnc(C)c21.O=C(O)C(F)(F)F. The predicted molar refractivity (Wildman–Crippen MR) is 123 cm³/mol. The first kappa shape index (κ1) is 25.0. The van der Waals surface area contributed by atoms with E-state index < -0.39 is 12.1 Å². The van der Waals surface area contributed by atoms with Crippen LogP contribution in [0.2, 0.25) is 5.02 Å². The average molecular weight is 511 g/mol. The number of nitrogens with zero attached hydrogens (tertiary/aromatic N) is 4. The third-order valence-electron chi connectivity index (χ3n) is 5.54. The molecule has 4 heterocycles. The summed E-state index contributed by atoms with van der Waals surface area (Å²) >= 11 is 6.52. The fourth-order valence-corrected chi connectivity index (χ4v) is 4.35. The summed E-state index contributed by atoms with van der Waals surface area (Å²) in [6.45, 7) is 6.90. The second kappa shape index (κ2) is 9.84. The van der Waals surface area contributed by atoms with Crippen LogP contribution in [0.5, 0.6) is 0 Å². The molecule has 8 nitrogen and oxygen atoms in total. The minimum Gasteiger partial charge on any atom is -0.475 e. The fraction of sp³-hybridized carbons (Fsp3) is 0.348. The van der Waals surface area contributed by atoms with Crippen LogP contribution in [0.1, 0.15) is 12.6 Å². The van der Waals surface area contributed by atoms with Gasteiger partial charge in [-0.05, 0) is 32.0 Å². The number of carboxylic acids is 1. The van der Waals surface area contributed by atoms with Crippen LogP contribution in [0.15, 0.2) is 36.8 Å². The molecule has 0 radical (unpaired) electrons. The van der Waals surface area contributed by atoms with Crippen LogP contribution in [-0.2, 0) is 27.4 Å². The van der Waals surface area contributed by atoms with E-state index in [1.807, 2.05) is 42.3 Å². The van der Waals surface area contributed by atoms with Gasteiger partial charge in [-0.1, -0.05) is 11.6 Å². The van der Waals surface area contributed by atoms with Crippen molar-refractivity contribution in [2.75, 3.05) is 13.2 Å². The van der Waals surface area contributed by atoms with E-state index in [9.17, 15) is 13.2 Å². The molecule has 5 rings (SSSR count). The topological polar surface area (TPSA) is 91.4 Å². The van der Waals surface area contributed by atoms with Crippen molar-refractivity contribution in [2.45, 2.75) is 39.4 Å². The second-order valence-corrected chi connectivity index (χ2v) is 8.25. The van der Waals surface area contributed by atoms with E-state index in [-0.39, 0.29) is 6.29 Å². The maximum Gasteiger partial charge on any atom is 0.490 e. The molecule has 1 aromatic carbocycles. The molecule has 4 aromatic rings. The van der Waals surface area contributed by atoms with Gasteiger partial charge in [0.25, 0.3) is 0 Å². The number of ether oxygens (including phenoxy) is 2. The number of rotatable bonds is 4. The molecular formula is C23H22ClF3N4O4. The Morgan fingerprint density at radius 3 is 2.54 bits per heavy atom. The highest BCUT2D eigenvalue weighted by Crippen LogP contribution is 2.38. The number of aromatic nitrogens is 4. The Hall–Kier alpha value is -3.15. The standard InChI is InChI=1S/C21H21ClN4O2.C2HF3O2/c1-3-26-20-13(2)23-5-4-16(20)18-9-15(22)8-17(21(18)26)14-10-24-25(11-14)12-19-27-6-7-28-19;3-2(4,5)1(6)7/h4-5,8-11,19H,3,6-7,12H2,1-2H3;(H,6,7). The molecule has 1 fully saturated rings. The normalized spacial score (nSPS) is 14.5. The summed E-state index contributed by atoms with van der Waals surface area (Å²) in [6.07, 6.45) is 0.446. The summed E-state index contributed by atoms with van der Waals surface area (Å²) in [5, 5.41) is 14.7. The van der Waals surface area contributed by atoms with E-state index in [0.717, 1.165) is 39.8 Å². The number of pyridine rings is 1. The second-order valence-electron chi connectivity index (χ2n) is 7.81. The van der Waals surface area contributed by atoms with Gasteiger partial charge in [-0.25, -0.2) is 4.79 Å². The number of hydrogen-bond acceptors (Lipinski definition) is 5. The van der Waals surface area contributed by atoms with E-state index in [1.54, 1.807) is 0 Å². The molecular weight excluding hydrogens is 489 g/mol. The number of benzene rings is 1. The van der Waals surface area contributed by atoms with Crippen LogP contribution in [0.3, 0.4) is 0 Å². The van der Waals surface area contributed by atoms with Gasteiger partial charge in [-0.2, -0.15) is 18.3 Å².